The Labute approximate surface area is 96.9 Å². The Kier molecular flexibility index (Phi) is 4.66. The van der Waals surface area contributed by atoms with Gasteiger partial charge in [-0.1, -0.05) is 37.4 Å². The van der Waals surface area contributed by atoms with Gasteiger partial charge >= 0.3 is 5.97 Å². The molecule has 1 rings (SSSR count). The minimum atomic E-state index is -0.953. The van der Waals surface area contributed by atoms with Gasteiger partial charge in [0.1, 0.15) is 9.63 Å². The molecule has 1 aliphatic rings. The Morgan fingerprint density at radius 1 is 1.67 bits per heavy atom. The van der Waals surface area contributed by atoms with E-state index in [9.17, 15) is 9.59 Å². The summed E-state index contributed by atoms with van der Waals surface area (Å²) in [7, 11) is 0. The Bertz CT molecular complexity index is 302. The zero-order valence-electron chi connectivity index (χ0n) is 8.60. The van der Waals surface area contributed by atoms with E-state index in [1.54, 1.807) is 0 Å². The number of carboxylic acids is 1. The first-order valence-corrected chi connectivity index (χ1v) is 6.49. The number of aliphatic carboxylic acids is 1. The first kappa shape index (κ1) is 12.6. The lowest BCUT2D eigenvalue weighted by atomic mass is 10.3. The number of carboxylic acid groups (broad SMARTS) is 1. The predicted molar refractivity (Wildman–Crippen MR) is 63.4 cm³/mol. The maximum absolute atomic E-state index is 11.3. The minimum Gasteiger partial charge on any atom is -0.481 e. The summed E-state index contributed by atoms with van der Waals surface area (Å²) in [4.78, 5) is 25.6. The summed E-state index contributed by atoms with van der Waals surface area (Å²) in [5, 5.41) is 8.06. The van der Waals surface area contributed by atoms with E-state index in [1.807, 2.05) is 0 Å². The number of hydrogen-bond acceptors (Lipinski definition) is 4. The molecule has 0 aromatic carbocycles. The summed E-state index contributed by atoms with van der Waals surface area (Å²) < 4.78 is 0.708. The van der Waals surface area contributed by atoms with Crippen LogP contribution in [0.5, 0.6) is 0 Å². The lowest BCUT2D eigenvalue weighted by Gasteiger charge is -2.04. The van der Waals surface area contributed by atoms with Crippen molar-refractivity contribution >= 4 is 39.8 Å². The van der Waals surface area contributed by atoms with Crippen molar-refractivity contribution in [2.24, 2.45) is 10.9 Å². The number of nitrogens with zero attached hydrogens (tertiary/aromatic N) is 1. The fourth-order valence-corrected chi connectivity index (χ4v) is 3.17. The molecule has 1 heterocycles. The normalized spacial score (nSPS) is 20.9. The van der Waals surface area contributed by atoms with Crippen LogP contribution in [-0.4, -0.2) is 32.4 Å². The molecule has 4 nitrogen and oxygen atoms in total. The van der Waals surface area contributed by atoms with Gasteiger partial charge in [-0.05, 0) is 5.92 Å². The SMILES string of the molecule is CC(C)CSC1=NC(=O)[C@H](CC(=O)O)S1. The molecule has 1 N–H and O–H groups in total. The quantitative estimate of drug-likeness (QED) is 0.821. The smallest absolute Gasteiger partial charge is 0.305 e. The Morgan fingerprint density at radius 2 is 2.33 bits per heavy atom. The van der Waals surface area contributed by atoms with Crippen molar-refractivity contribution in [2.75, 3.05) is 5.75 Å². The molecule has 0 bridgehead atoms. The van der Waals surface area contributed by atoms with Gasteiger partial charge in [-0.25, -0.2) is 0 Å². The Balaban J connectivity index is 2.42. The molecule has 6 heteroatoms. The number of carbonyl (C=O) groups excluding carboxylic acids is 1. The van der Waals surface area contributed by atoms with Gasteiger partial charge in [0.2, 0.25) is 0 Å². The van der Waals surface area contributed by atoms with Gasteiger partial charge in [-0.2, -0.15) is 4.99 Å². The summed E-state index contributed by atoms with van der Waals surface area (Å²) in [6, 6.07) is 0. The summed E-state index contributed by atoms with van der Waals surface area (Å²) >= 11 is 2.80. The highest BCUT2D eigenvalue weighted by Crippen LogP contribution is 2.31. The molecule has 0 radical (unpaired) electrons. The molecule has 0 unspecified atom stereocenters. The maximum atomic E-state index is 11.3. The number of hydrogen-bond donors (Lipinski definition) is 1. The second kappa shape index (κ2) is 5.55. The molecule has 0 spiro atoms. The van der Waals surface area contributed by atoms with Crippen molar-refractivity contribution in [1.82, 2.24) is 0 Å². The molecular weight excluding hydrogens is 234 g/mol. The molecule has 1 amide bonds. The number of amides is 1. The van der Waals surface area contributed by atoms with E-state index >= 15 is 0 Å². The van der Waals surface area contributed by atoms with E-state index in [-0.39, 0.29) is 12.3 Å². The van der Waals surface area contributed by atoms with Crippen LogP contribution in [0.2, 0.25) is 0 Å². The summed E-state index contributed by atoms with van der Waals surface area (Å²) in [5.74, 6) is 0.172. The van der Waals surface area contributed by atoms with E-state index in [0.29, 0.717) is 10.3 Å². The van der Waals surface area contributed by atoms with Crippen molar-refractivity contribution in [1.29, 1.82) is 0 Å². The van der Waals surface area contributed by atoms with Gasteiger partial charge in [0.05, 0.1) is 6.42 Å². The Morgan fingerprint density at radius 3 is 2.87 bits per heavy atom. The number of carbonyl (C=O) groups is 2. The van der Waals surface area contributed by atoms with Crippen molar-refractivity contribution in [3.8, 4) is 0 Å². The topological polar surface area (TPSA) is 66.7 Å². The van der Waals surface area contributed by atoms with E-state index in [4.69, 9.17) is 5.11 Å². The van der Waals surface area contributed by atoms with Gasteiger partial charge in [0, 0.05) is 5.75 Å². The zero-order chi connectivity index (χ0) is 11.4. The third-order valence-electron chi connectivity index (χ3n) is 1.62. The van der Waals surface area contributed by atoms with Crippen LogP contribution in [0.25, 0.3) is 0 Å². The second-order valence-corrected chi connectivity index (χ2v) is 6.08. The zero-order valence-corrected chi connectivity index (χ0v) is 10.2. The van der Waals surface area contributed by atoms with Crippen LogP contribution in [0.4, 0.5) is 0 Å². The third kappa shape index (κ3) is 4.25. The van der Waals surface area contributed by atoms with Crippen LogP contribution in [0.15, 0.2) is 4.99 Å². The largest absolute Gasteiger partial charge is 0.481 e. The molecule has 0 saturated carbocycles. The molecule has 84 valence electrons. The Hall–Kier alpha value is -0.490. The van der Waals surface area contributed by atoms with Crippen LogP contribution >= 0.6 is 23.5 Å². The van der Waals surface area contributed by atoms with E-state index in [0.717, 1.165) is 5.75 Å². The van der Waals surface area contributed by atoms with Crippen LogP contribution in [-0.2, 0) is 9.59 Å². The standard InChI is InChI=1S/C9H13NO3S2/c1-5(2)4-14-9-10-8(13)6(15-9)3-7(11)12/h5-6H,3-4H2,1-2H3,(H,11,12)/t6-/m0/s1. The predicted octanol–water partition coefficient (Wildman–Crippen LogP) is 1.85. The van der Waals surface area contributed by atoms with Crippen LogP contribution in [0.1, 0.15) is 20.3 Å². The highest BCUT2D eigenvalue weighted by atomic mass is 32.2. The van der Waals surface area contributed by atoms with Crippen LogP contribution in [0.3, 0.4) is 0 Å². The molecule has 1 aliphatic heterocycles. The number of aliphatic imine (C=N–C) groups is 1. The molecule has 15 heavy (non-hydrogen) atoms. The van der Waals surface area contributed by atoms with Crippen LogP contribution < -0.4 is 0 Å². The van der Waals surface area contributed by atoms with Crippen molar-refractivity contribution in [2.45, 2.75) is 25.5 Å². The van der Waals surface area contributed by atoms with Gasteiger partial charge in [0.25, 0.3) is 5.91 Å². The monoisotopic (exact) mass is 247 g/mol. The summed E-state index contributed by atoms with van der Waals surface area (Å²) in [6.07, 6.45) is -0.140. The molecule has 0 aromatic rings. The fourth-order valence-electron chi connectivity index (χ4n) is 0.952. The van der Waals surface area contributed by atoms with E-state index in [2.05, 4.69) is 18.8 Å². The first-order chi connectivity index (χ1) is 6.99. The minimum absolute atomic E-state index is 0.140. The number of rotatable bonds is 4. The van der Waals surface area contributed by atoms with E-state index in [1.165, 1.54) is 23.5 Å². The molecular formula is C9H13NO3S2. The number of thioether (sulfide) groups is 2. The third-order valence-corrected chi connectivity index (χ3v) is 4.38. The average Bonchev–Trinajstić information content (AvgIpc) is 2.43. The molecule has 0 aromatic heterocycles. The van der Waals surface area contributed by atoms with Gasteiger partial charge in [-0.3, -0.25) is 9.59 Å². The summed E-state index contributed by atoms with van der Waals surface area (Å²) in [6.45, 7) is 4.17. The lowest BCUT2D eigenvalue weighted by molar-refractivity contribution is -0.138. The molecule has 0 aliphatic carbocycles. The van der Waals surface area contributed by atoms with Crippen molar-refractivity contribution < 1.29 is 14.7 Å². The highest BCUT2D eigenvalue weighted by molar-refractivity contribution is 8.39. The van der Waals surface area contributed by atoms with Gasteiger partial charge in [0.15, 0.2) is 0 Å². The fraction of sp³-hybridized carbons (Fsp3) is 0.667. The van der Waals surface area contributed by atoms with Gasteiger partial charge < -0.3 is 5.11 Å². The van der Waals surface area contributed by atoms with Gasteiger partial charge in [-0.15, -0.1) is 0 Å². The van der Waals surface area contributed by atoms with Crippen LogP contribution in [0, 0.1) is 5.92 Å². The highest BCUT2D eigenvalue weighted by Gasteiger charge is 2.30. The van der Waals surface area contributed by atoms with E-state index < -0.39 is 11.2 Å². The summed E-state index contributed by atoms with van der Waals surface area (Å²) in [5.41, 5.74) is 0. The maximum Gasteiger partial charge on any atom is 0.305 e. The lowest BCUT2D eigenvalue weighted by Crippen LogP contribution is -2.15. The second-order valence-electron chi connectivity index (χ2n) is 3.63. The van der Waals surface area contributed by atoms with Crippen molar-refractivity contribution in [3.63, 3.8) is 0 Å². The molecule has 0 fully saturated rings. The average molecular weight is 247 g/mol. The molecule has 0 saturated heterocycles. The first-order valence-electron chi connectivity index (χ1n) is 4.63. The van der Waals surface area contributed by atoms with Crippen molar-refractivity contribution in [3.05, 3.63) is 0 Å². The molecule has 1 atom stereocenters.